The summed E-state index contributed by atoms with van der Waals surface area (Å²) in [6, 6.07) is 10.3. The van der Waals surface area contributed by atoms with Crippen LogP contribution in [0.2, 0.25) is 0 Å². The van der Waals surface area contributed by atoms with E-state index in [4.69, 9.17) is 5.26 Å². The van der Waals surface area contributed by atoms with Gasteiger partial charge in [0.1, 0.15) is 11.9 Å². The van der Waals surface area contributed by atoms with Crippen molar-refractivity contribution in [3.63, 3.8) is 0 Å². The Hall–Kier alpha value is -3.97. The summed E-state index contributed by atoms with van der Waals surface area (Å²) >= 11 is 0. The average Bonchev–Trinajstić information content (AvgIpc) is 3.11. The highest BCUT2D eigenvalue weighted by molar-refractivity contribution is 6.00. The number of nitriles is 1. The van der Waals surface area contributed by atoms with Crippen LogP contribution in [0.1, 0.15) is 53.0 Å². The summed E-state index contributed by atoms with van der Waals surface area (Å²) in [5.74, 6) is -0.539. The zero-order valence-electron chi connectivity index (χ0n) is 22.0. The minimum absolute atomic E-state index is 0.0271. The lowest BCUT2D eigenvalue weighted by molar-refractivity contribution is -0.120. The summed E-state index contributed by atoms with van der Waals surface area (Å²) in [6.07, 6.45) is 0.770. The van der Waals surface area contributed by atoms with E-state index in [1.807, 2.05) is 32.9 Å². The quantitative estimate of drug-likeness (QED) is 0.402. The average molecular weight is 509 g/mol. The normalized spacial score (nSPS) is 11.8. The largest absolute Gasteiger partial charge is 0.390 e. The van der Waals surface area contributed by atoms with Crippen molar-refractivity contribution in [2.24, 2.45) is 5.41 Å². The molecular formula is C27H33FN6O3. The van der Waals surface area contributed by atoms with Crippen LogP contribution >= 0.6 is 0 Å². The number of hydrogen-bond donors (Lipinski definition) is 3. The summed E-state index contributed by atoms with van der Waals surface area (Å²) in [6.45, 7) is 9.75. The molecule has 0 radical (unpaired) electrons. The van der Waals surface area contributed by atoms with E-state index in [9.17, 15) is 19.1 Å². The van der Waals surface area contributed by atoms with Crippen molar-refractivity contribution >= 4 is 40.3 Å². The van der Waals surface area contributed by atoms with Crippen molar-refractivity contribution in [2.45, 2.75) is 59.6 Å². The molecular weight excluding hydrogens is 475 g/mol. The number of hydrogen-bond acceptors (Lipinski definition) is 5. The van der Waals surface area contributed by atoms with Gasteiger partial charge in [0.05, 0.1) is 22.2 Å². The molecule has 3 aromatic rings. The van der Waals surface area contributed by atoms with Crippen molar-refractivity contribution in [1.29, 1.82) is 5.26 Å². The Bertz CT molecular complexity index is 1360. The molecule has 0 spiro atoms. The first-order valence-electron chi connectivity index (χ1n) is 11.9. The number of imidazole rings is 1. The smallest absolute Gasteiger partial charge is 0.326 e. The fourth-order valence-electron chi connectivity index (χ4n) is 3.70. The Kier molecular flexibility index (Phi) is 7.88. The summed E-state index contributed by atoms with van der Waals surface area (Å²) in [7, 11) is 1.71. The minimum Gasteiger partial charge on any atom is -0.390 e. The predicted molar refractivity (Wildman–Crippen MR) is 142 cm³/mol. The van der Waals surface area contributed by atoms with Gasteiger partial charge in [0, 0.05) is 31.4 Å². The molecule has 0 saturated carbocycles. The van der Waals surface area contributed by atoms with Gasteiger partial charge in [-0.3, -0.25) is 10.1 Å². The fourth-order valence-corrected chi connectivity index (χ4v) is 3.70. The topological polar surface area (TPSA) is 123 Å². The van der Waals surface area contributed by atoms with Gasteiger partial charge in [-0.25, -0.2) is 14.2 Å². The van der Waals surface area contributed by atoms with Crippen LogP contribution < -0.4 is 15.5 Å². The second-order valence-corrected chi connectivity index (χ2v) is 10.9. The monoisotopic (exact) mass is 508 g/mol. The number of carbonyl (C=O) groups is 2. The summed E-state index contributed by atoms with van der Waals surface area (Å²) < 4.78 is 15.7. The third-order valence-corrected chi connectivity index (χ3v) is 5.69. The van der Waals surface area contributed by atoms with Crippen LogP contribution in [0.25, 0.3) is 11.0 Å². The van der Waals surface area contributed by atoms with Gasteiger partial charge < -0.3 is 19.9 Å². The van der Waals surface area contributed by atoms with E-state index in [0.717, 1.165) is 6.07 Å². The molecule has 1 heterocycles. The molecule has 3 amide bonds. The van der Waals surface area contributed by atoms with Crippen LogP contribution in [0.15, 0.2) is 36.4 Å². The molecule has 0 aliphatic heterocycles. The van der Waals surface area contributed by atoms with Gasteiger partial charge in [-0.1, -0.05) is 20.8 Å². The zero-order chi connectivity index (χ0) is 27.5. The van der Waals surface area contributed by atoms with Gasteiger partial charge >= 0.3 is 6.03 Å². The third-order valence-electron chi connectivity index (χ3n) is 5.69. The number of urea groups is 1. The molecule has 0 aliphatic rings. The molecule has 3 rings (SSSR count). The number of anilines is 3. The number of aryl methyl sites for hydroxylation is 1. The van der Waals surface area contributed by atoms with Crippen molar-refractivity contribution in [1.82, 2.24) is 9.55 Å². The molecule has 0 atom stereocenters. The van der Waals surface area contributed by atoms with Crippen molar-refractivity contribution in [3.8, 4) is 6.07 Å². The van der Waals surface area contributed by atoms with Crippen LogP contribution in [0.3, 0.4) is 0 Å². The van der Waals surface area contributed by atoms with E-state index in [-0.39, 0.29) is 28.5 Å². The minimum atomic E-state index is -0.949. The standard InChI is InChI=1S/C27H33FN6O3/c1-26(2,3)15-23(35)33(6)19-9-10-22-21(14-19)31-24(34(22)12-11-27(4,5)37)32-25(36)30-18-8-7-17(16-29)20(28)13-18/h7-10,13-14,37H,11-12,15H2,1-6H3,(H2,30,31,32,36). The second kappa shape index (κ2) is 10.6. The number of benzene rings is 2. The van der Waals surface area contributed by atoms with E-state index in [1.54, 1.807) is 42.5 Å². The number of amides is 3. The number of halogens is 1. The Morgan fingerprint density at radius 1 is 1.14 bits per heavy atom. The Morgan fingerprint density at radius 2 is 1.84 bits per heavy atom. The van der Waals surface area contributed by atoms with Crippen molar-refractivity contribution in [2.75, 3.05) is 22.6 Å². The number of fused-ring (bicyclic) bond motifs is 1. The SMILES string of the molecule is CN(C(=O)CC(C)(C)C)c1ccc2c(c1)nc(NC(=O)Nc1ccc(C#N)c(F)c1)n2CCC(C)(C)O. The molecule has 37 heavy (non-hydrogen) atoms. The molecule has 2 aromatic carbocycles. The summed E-state index contributed by atoms with van der Waals surface area (Å²) in [4.78, 5) is 31.6. The highest BCUT2D eigenvalue weighted by Crippen LogP contribution is 2.28. The Morgan fingerprint density at radius 3 is 2.43 bits per heavy atom. The van der Waals surface area contributed by atoms with Crippen LogP contribution in [-0.2, 0) is 11.3 Å². The van der Waals surface area contributed by atoms with E-state index >= 15 is 0 Å². The van der Waals surface area contributed by atoms with E-state index in [1.165, 1.54) is 12.1 Å². The lowest BCUT2D eigenvalue weighted by Crippen LogP contribution is -2.29. The maximum atomic E-state index is 13.9. The van der Waals surface area contributed by atoms with Crippen LogP contribution in [0, 0.1) is 22.6 Å². The van der Waals surface area contributed by atoms with Crippen LogP contribution in [0.4, 0.5) is 26.5 Å². The predicted octanol–water partition coefficient (Wildman–Crippen LogP) is 5.25. The molecule has 1 aromatic heterocycles. The van der Waals surface area contributed by atoms with Crippen molar-refractivity contribution < 1.29 is 19.1 Å². The van der Waals surface area contributed by atoms with Gasteiger partial charge in [0.25, 0.3) is 0 Å². The van der Waals surface area contributed by atoms with Gasteiger partial charge in [-0.05, 0) is 62.1 Å². The van der Waals surface area contributed by atoms with Gasteiger partial charge in [0.15, 0.2) is 0 Å². The van der Waals surface area contributed by atoms with Gasteiger partial charge in [-0.15, -0.1) is 0 Å². The maximum Gasteiger partial charge on any atom is 0.326 e. The Labute approximate surface area is 215 Å². The molecule has 0 fully saturated rings. The Balaban J connectivity index is 1.91. The first kappa shape index (κ1) is 27.6. The number of carbonyl (C=O) groups excluding carboxylic acids is 2. The summed E-state index contributed by atoms with van der Waals surface area (Å²) in [5, 5.41) is 24.4. The third kappa shape index (κ3) is 7.27. The fraction of sp³-hybridized carbons (Fsp3) is 0.407. The molecule has 0 aliphatic carbocycles. The highest BCUT2D eigenvalue weighted by atomic mass is 19.1. The number of nitrogens with one attached hydrogen (secondary N) is 2. The molecule has 196 valence electrons. The van der Waals surface area contributed by atoms with E-state index < -0.39 is 17.4 Å². The zero-order valence-corrected chi connectivity index (χ0v) is 22.0. The number of nitrogens with zero attached hydrogens (tertiary/aromatic N) is 4. The first-order chi connectivity index (χ1) is 17.2. The summed E-state index contributed by atoms with van der Waals surface area (Å²) in [5.41, 5.74) is 0.882. The maximum absolute atomic E-state index is 13.9. The first-order valence-corrected chi connectivity index (χ1v) is 11.9. The van der Waals surface area contributed by atoms with Crippen molar-refractivity contribution in [3.05, 3.63) is 47.8 Å². The number of rotatable bonds is 7. The number of aromatic nitrogens is 2. The lowest BCUT2D eigenvalue weighted by Gasteiger charge is -2.23. The molecule has 0 unspecified atom stereocenters. The van der Waals surface area contributed by atoms with E-state index in [0.29, 0.717) is 36.1 Å². The molecule has 3 N–H and O–H groups in total. The lowest BCUT2D eigenvalue weighted by atomic mass is 9.91. The van der Waals surface area contributed by atoms with Crippen LogP contribution in [0.5, 0.6) is 0 Å². The number of aliphatic hydroxyl groups is 1. The molecule has 0 saturated heterocycles. The van der Waals surface area contributed by atoms with Gasteiger partial charge in [0.2, 0.25) is 11.9 Å². The molecule has 0 bridgehead atoms. The molecule has 9 nitrogen and oxygen atoms in total. The highest BCUT2D eigenvalue weighted by Gasteiger charge is 2.22. The van der Waals surface area contributed by atoms with Crippen LogP contribution in [-0.4, -0.2) is 39.2 Å². The van der Waals surface area contributed by atoms with Gasteiger partial charge in [-0.2, -0.15) is 5.26 Å². The second-order valence-electron chi connectivity index (χ2n) is 10.9. The molecule has 10 heteroatoms. The van der Waals surface area contributed by atoms with E-state index in [2.05, 4.69) is 15.6 Å².